The van der Waals surface area contributed by atoms with E-state index in [4.69, 9.17) is 4.74 Å². The van der Waals surface area contributed by atoms with Crippen LogP contribution in [0.3, 0.4) is 0 Å². The molecule has 0 unspecified atom stereocenters. The van der Waals surface area contributed by atoms with Crippen LogP contribution in [0.15, 0.2) is 91.0 Å². The minimum Gasteiger partial charge on any atom is -0.464 e. The van der Waals surface area contributed by atoms with Crippen molar-refractivity contribution in [2.75, 3.05) is 13.2 Å². The topological polar surface area (TPSA) is 75.7 Å². The molecule has 1 fully saturated rings. The van der Waals surface area contributed by atoms with E-state index < -0.39 is 30.0 Å². The third-order valence-electron chi connectivity index (χ3n) is 5.30. The van der Waals surface area contributed by atoms with E-state index in [0.29, 0.717) is 17.5 Å². The first-order chi connectivity index (χ1) is 15.1. The Balaban J connectivity index is 1.52. The molecule has 31 heavy (non-hydrogen) atoms. The quantitative estimate of drug-likeness (QED) is 0.476. The van der Waals surface area contributed by atoms with Gasteiger partial charge in [-0.05, 0) is 16.7 Å². The number of benzene rings is 3. The molecule has 1 heterocycles. The first-order valence-electron chi connectivity index (χ1n) is 10.1. The fourth-order valence-corrected chi connectivity index (χ4v) is 3.76. The third kappa shape index (κ3) is 4.05. The van der Waals surface area contributed by atoms with E-state index >= 15 is 0 Å². The minimum atomic E-state index is -1.38. The summed E-state index contributed by atoms with van der Waals surface area (Å²) in [5, 5.41) is 2.82. The van der Waals surface area contributed by atoms with E-state index in [0.717, 1.165) is 10.5 Å². The Morgan fingerprint density at radius 2 is 1.32 bits per heavy atom. The van der Waals surface area contributed by atoms with Crippen molar-refractivity contribution in [1.82, 2.24) is 10.2 Å². The molecule has 3 aromatic rings. The van der Waals surface area contributed by atoms with Crippen LogP contribution in [0.25, 0.3) is 0 Å². The van der Waals surface area contributed by atoms with Crippen molar-refractivity contribution in [2.24, 2.45) is 0 Å². The van der Waals surface area contributed by atoms with E-state index in [1.54, 1.807) is 48.5 Å². The van der Waals surface area contributed by atoms with Gasteiger partial charge >= 0.3 is 12.0 Å². The van der Waals surface area contributed by atoms with Crippen LogP contribution in [0.4, 0.5) is 4.79 Å². The zero-order valence-corrected chi connectivity index (χ0v) is 16.9. The van der Waals surface area contributed by atoms with Crippen molar-refractivity contribution < 1.29 is 19.1 Å². The Morgan fingerprint density at radius 1 is 0.806 bits per heavy atom. The Hall–Kier alpha value is -3.93. The second kappa shape index (κ2) is 8.83. The van der Waals surface area contributed by atoms with Crippen molar-refractivity contribution in [3.8, 4) is 0 Å². The summed E-state index contributed by atoms with van der Waals surface area (Å²) in [5.74, 6) is -1.13. The molecule has 1 N–H and O–H groups in total. The van der Waals surface area contributed by atoms with Gasteiger partial charge in [0.1, 0.15) is 6.54 Å². The number of urea groups is 1. The van der Waals surface area contributed by atoms with Crippen LogP contribution in [0.2, 0.25) is 0 Å². The fourth-order valence-electron chi connectivity index (χ4n) is 3.76. The summed E-state index contributed by atoms with van der Waals surface area (Å²) in [4.78, 5) is 39.6. The van der Waals surface area contributed by atoms with Gasteiger partial charge in [-0.15, -0.1) is 0 Å². The van der Waals surface area contributed by atoms with Gasteiger partial charge in [-0.2, -0.15) is 0 Å². The number of nitrogens with zero attached hydrogens (tertiary/aromatic N) is 1. The Labute approximate surface area is 180 Å². The fraction of sp³-hybridized carbons (Fsp3) is 0.160. The molecular weight excluding hydrogens is 392 g/mol. The van der Waals surface area contributed by atoms with Crippen molar-refractivity contribution in [1.29, 1.82) is 0 Å². The van der Waals surface area contributed by atoms with Crippen molar-refractivity contribution in [2.45, 2.75) is 12.0 Å². The molecule has 0 aliphatic carbocycles. The molecule has 156 valence electrons. The summed E-state index contributed by atoms with van der Waals surface area (Å²) in [5.41, 5.74) is 0.903. The molecule has 3 aromatic carbocycles. The number of ether oxygens (including phenoxy) is 1. The van der Waals surface area contributed by atoms with E-state index in [1.807, 2.05) is 42.5 Å². The molecule has 0 aromatic heterocycles. The summed E-state index contributed by atoms with van der Waals surface area (Å²) in [6.07, 6.45) is 0.560. The molecule has 1 saturated heterocycles. The normalized spacial score (nSPS) is 14.9. The number of carbonyl (C=O) groups is 3. The van der Waals surface area contributed by atoms with Gasteiger partial charge in [-0.3, -0.25) is 14.5 Å². The average Bonchev–Trinajstić information content (AvgIpc) is 3.06. The van der Waals surface area contributed by atoms with Crippen LogP contribution in [0, 0.1) is 0 Å². The summed E-state index contributed by atoms with van der Waals surface area (Å²) in [6.45, 7) is -0.268. The van der Waals surface area contributed by atoms with Gasteiger partial charge in [0.15, 0.2) is 5.54 Å². The second-order valence-electron chi connectivity index (χ2n) is 7.26. The number of amides is 3. The summed E-state index contributed by atoms with van der Waals surface area (Å²) >= 11 is 0. The number of hydrogen-bond donors (Lipinski definition) is 1. The smallest absolute Gasteiger partial charge is 0.326 e. The number of rotatable bonds is 7. The zero-order valence-electron chi connectivity index (χ0n) is 16.9. The molecule has 0 radical (unpaired) electrons. The Morgan fingerprint density at radius 3 is 1.87 bits per heavy atom. The van der Waals surface area contributed by atoms with Crippen LogP contribution in [-0.2, 0) is 26.3 Å². The molecule has 1 aliphatic rings. The summed E-state index contributed by atoms with van der Waals surface area (Å²) in [6, 6.07) is 27.0. The third-order valence-corrected chi connectivity index (χ3v) is 5.30. The Kier molecular flexibility index (Phi) is 5.80. The zero-order chi connectivity index (χ0) is 21.7. The van der Waals surface area contributed by atoms with Gasteiger partial charge in [-0.25, -0.2) is 4.79 Å². The lowest BCUT2D eigenvalue weighted by atomic mass is 9.82. The molecule has 0 saturated carbocycles. The van der Waals surface area contributed by atoms with Crippen LogP contribution < -0.4 is 5.32 Å². The number of esters is 1. The van der Waals surface area contributed by atoms with Gasteiger partial charge in [0.05, 0.1) is 6.61 Å². The Bertz CT molecular complexity index is 1030. The number of carbonyl (C=O) groups excluding carboxylic acids is 3. The van der Waals surface area contributed by atoms with E-state index in [1.165, 1.54) is 0 Å². The predicted molar refractivity (Wildman–Crippen MR) is 115 cm³/mol. The van der Waals surface area contributed by atoms with E-state index in [9.17, 15) is 14.4 Å². The molecule has 0 atom stereocenters. The molecule has 0 spiro atoms. The van der Waals surface area contributed by atoms with Crippen LogP contribution in [0.1, 0.15) is 16.7 Å². The van der Waals surface area contributed by atoms with Gasteiger partial charge in [-0.1, -0.05) is 91.0 Å². The molecule has 6 nitrogen and oxygen atoms in total. The highest BCUT2D eigenvalue weighted by Crippen LogP contribution is 2.35. The number of nitrogens with one attached hydrogen (secondary N) is 1. The maximum absolute atomic E-state index is 13.5. The number of imide groups is 1. The maximum atomic E-state index is 13.5. The lowest BCUT2D eigenvalue weighted by molar-refractivity contribution is -0.147. The van der Waals surface area contributed by atoms with Crippen molar-refractivity contribution in [3.63, 3.8) is 0 Å². The van der Waals surface area contributed by atoms with E-state index in [2.05, 4.69) is 5.32 Å². The van der Waals surface area contributed by atoms with Crippen molar-refractivity contribution in [3.05, 3.63) is 108 Å². The average molecular weight is 414 g/mol. The monoisotopic (exact) mass is 414 g/mol. The number of hydrogen-bond acceptors (Lipinski definition) is 4. The first-order valence-corrected chi connectivity index (χ1v) is 10.1. The lowest BCUT2D eigenvalue weighted by Gasteiger charge is -2.27. The van der Waals surface area contributed by atoms with Gasteiger partial charge in [0, 0.05) is 6.42 Å². The van der Waals surface area contributed by atoms with Crippen molar-refractivity contribution >= 4 is 17.9 Å². The highest BCUT2D eigenvalue weighted by Gasteiger charge is 2.54. The second-order valence-corrected chi connectivity index (χ2v) is 7.26. The summed E-state index contributed by atoms with van der Waals surface area (Å²) < 4.78 is 5.27. The van der Waals surface area contributed by atoms with Crippen LogP contribution in [-0.4, -0.2) is 36.0 Å². The van der Waals surface area contributed by atoms with Crippen LogP contribution in [0.5, 0.6) is 0 Å². The molecule has 3 amide bonds. The molecule has 6 heteroatoms. The standard InChI is InChI=1S/C25H22N2O4/c28-22(31-17-16-19-10-4-1-5-11-19)18-27-23(29)25(26-24(27)30,20-12-6-2-7-13-20)21-14-8-3-9-15-21/h1-15H,16-18H2,(H,26,30). The van der Waals surface area contributed by atoms with Gasteiger partial charge in [0.25, 0.3) is 5.91 Å². The SMILES string of the molecule is O=C(CN1C(=O)NC(c2ccccc2)(c2ccccc2)C1=O)OCCc1ccccc1. The van der Waals surface area contributed by atoms with E-state index in [-0.39, 0.29) is 6.61 Å². The summed E-state index contributed by atoms with van der Waals surface area (Å²) in [7, 11) is 0. The minimum absolute atomic E-state index is 0.176. The molecule has 4 rings (SSSR count). The van der Waals surface area contributed by atoms with Gasteiger partial charge in [0.2, 0.25) is 0 Å². The molecular formula is C25H22N2O4. The highest BCUT2D eigenvalue weighted by atomic mass is 16.5. The largest absolute Gasteiger partial charge is 0.464 e. The predicted octanol–water partition coefficient (Wildman–Crippen LogP) is 3.27. The molecule has 0 bridgehead atoms. The molecule has 1 aliphatic heterocycles. The van der Waals surface area contributed by atoms with Crippen LogP contribution >= 0.6 is 0 Å². The maximum Gasteiger partial charge on any atom is 0.326 e. The van der Waals surface area contributed by atoms with Gasteiger partial charge < -0.3 is 10.1 Å². The highest BCUT2D eigenvalue weighted by molar-refractivity contribution is 6.11. The lowest BCUT2D eigenvalue weighted by Crippen LogP contribution is -2.45. The first kappa shape index (κ1) is 20.3.